The van der Waals surface area contributed by atoms with Crippen LogP contribution in [-0.2, 0) is 33.4 Å². The maximum atomic E-state index is 13.0. The number of hydrogen-bond acceptors (Lipinski definition) is 13. The normalized spacial score (nSPS) is 17.4. The molecule has 1 aliphatic heterocycles. The van der Waals surface area contributed by atoms with E-state index in [9.17, 15) is 54.2 Å². The second kappa shape index (κ2) is 22.2. The quantitative estimate of drug-likeness (QED) is 0.0122. The number of nitrogens with one attached hydrogen (secondary N) is 6. The lowest BCUT2D eigenvalue weighted by Crippen LogP contribution is -3.06. The Kier molecular flexibility index (Phi) is 17.8. The molecule has 1 aliphatic rings. The Bertz CT molecular complexity index is 1740. The molecule has 0 aliphatic carbocycles. The van der Waals surface area contributed by atoms with Gasteiger partial charge in [0, 0.05) is 25.1 Å². The van der Waals surface area contributed by atoms with Crippen LogP contribution >= 0.6 is 0 Å². The third-order valence-electron chi connectivity index (χ3n) is 8.79. The van der Waals surface area contributed by atoms with Crippen LogP contribution in [-0.4, -0.2) is 126 Å². The summed E-state index contributed by atoms with van der Waals surface area (Å²) >= 11 is 0. The summed E-state index contributed by atoms with van der Waals surface area (Å²) in [5.41, 5.74) is 1.99. The first-order valence-corrected chi connectivity index (χ1v) is 18.1. The van der Waals surface area contributed by atoms with Crippen molar-refractivity contribution in [3.8, 4) is 11.1 Å². The highest BCUT2D eigenvalue weighted by Crippen LogP contribution is 2.20. The molecule has 8 atom stereocenters. The van der Waals surface area contributed by atoms with Crippen molar-refractivity contribution in [1.29, 1.82) is 0 Å². The maximum absolute atomic E-state index is 13.0. The molecule has 20 nitrogen and oxygen atoms in total. The third kappa shape index (κ3) is 14.4. The molecule has 0 spiro atoms. The molecular weight excluding hydrogens is 750 g/mol. The molecule has 3 rings (SSSR count). The highest BCUT2D eigenvalue weighted by molar-refractivity contribution is 6.05. The number of urea groups is 1. The number of ether oxygens (including phenoxy) is 2. The number of carbonyl (C=O) groups is 7. The van der Waals surface area contributed by atoms with Crippen LogP contribution in [0, 0.1) is 10.4 Å². The number of hydrogen-bond donors (Lipinski definition) is 8. The fourth-order valence-electron chi connectivity index (χ4n) is 5.74. The minimum absolute atomic E-state index is 0.0110. The molecule has 1 saturated heterocycles. The summed E-state index contributed by atoms with van der Waals surface area (Å²) in [6, 6.07) is 11.3. The van der Waals surface area contributed by atoms with E-state index in [0.29, 0.717) is 12.8 Å². The predicted octanol–water partition coefficient (Wildman–Crippen LogP) is -2.02. The summed E-state index contributed by atoms with van der Waals surface area (Å²) in [5.74, 6) is -4.84. The number of benzene rings is 2. The Balaban J connectivity index is 1.83. The van der Waals surface area contributed by atoms with Gasteiger partial charge in [-0.1, -0.05) is 48.9 Å². The van der Waals surface area contributed by atoms with Crippen LogP contribution in [0.15, 0.2) is 54.6 Å². The molecule has 4 unspecified atom stereocenters. The van der Waals surface area contributed by atoms with Crippen LogP contribution in [0.3, 0.4) is 0 Å². The van der Waals surface area contributed by atoms with Gasteiger partial charge in [-0.15, -0.1) is 4.74 Å². The minimum Gasteiger partial charge on any atom is -0.627 e. The lowest BCUT2D eigenvalue weighted by Gasteiger charge is -2.38. The van der Waals surface area contributed by atoms with Gasteiger partial charge in [-0.25, -0.2) is 14.4 Å². The Morgan fingerprint density at radius 2 is 1.63 bits per heavy atom. The zero-order valence-corrected chi connectivity index (χ0v) is 31.7. The van der Waals surface area contributed by atoms with E-state index in [0.717, 1.165) is 25.1 Å². The van der Waals surface area contributed by atoms with Crippen molar-refractivity contribution < 1.29 is 63.1 Å². The molecule has 0 radical (unpaired) electrons. The van der Waals surface area contributed by atoms with Gasteiger partial charge in [0.2, 0.25) is 11.8 Å². The number of rotatable bonds is 22. The molecule has 310 valence electrons. The summed E-state index contributed by atoms with van der Waals surface area (Å²) in [6.45, 7) is 4.64. The zero-order valence-electron chi connectivity index (χ0n) is 31.7. The largest absolute Gasteiger partial charge is 0.627 e. The van der Waals surface area contributed by atoms with Gasteiger partial charge in [-0.3, -0.25) is 24.5 Å². The molecule has 8 amide bonds. The topological polar surface area (TPSA) is 292 Å². The SMILES string of the molecule is C=[N+]([O-])C(=O)C(OCCCCCC(=O)[NH+](C)[O-])OC([C@H](O)[C@H](O)CNC(=O)c1ccc(-c2ccccc2)cc1)[C@H](NC(C)=O)[C@H](C)NC(=O)CC1NC(=O)NC1=O. The lowest BCUT2D eigenvalue weighted by molar-refractivity contribution is -0.741. The Hall–Kier alpha value is -5.64. The molecule has 1 fully saturated rings. The number of carbonyl (C=O) groups excluding carboxylic acids is 7. The van der Waals surface area contributed by atoms with E-state index in [1.807, 2.05) is 35.6 Å². The number of hydroxylamine groups is 3. The molecule has 1 heterocycles. The fraction of sp³-hybridized carbons (Fsp3) is 0.459. The second-order valence-corrected chi connectivity index (χ2v) is 13.3. The molecule has 20 heteroatoms. The van der Waals surface area contributed by atoms with Crippen molar-refractivity contribution in [3.05, 3.63) is 70.6 Å². The summed E-state index contributed by atoms with van der Waals surface area (Å²) < 4.78 is 11.1. The zero-order chi connectivity index (χ0) is 42.2. The van der Waals surface area contributed by atoms with Crippen molar-refractivity contribution in [3.63, 3.8) is 0 Å². The Labute approximate surface area is 328 Å². The number of aliphatic hydroxyl groups excluding tert-OH is 2. The van der Waals surface area contributed by atoms with E-state index in [1.54, 1.807) is 24.3 Å². The van der Waals surface area contributed by atoms with E-state index < -0.39 is 102 Å². The summed E-state index contributed by atoms with van der Waals surface area (Å²) in [5, 5.41) is 57.3. The molecule has 0 saturated carbocycles. The molecule has 8 N–H and O–H groups in total. The van der Waals surface area contributed by atoms with Crippen LogP contribution < -0.4 is 31.6 Å². The first-order chi connectivity index (χ1) is 27.0. The molecular formula is C37H49N7O13. The van der Waals surface area contributed by atoms with Crippen LogP contribution in [0.4, 0.5) is 4.79 Å². The van der Waals surface area contributed by atoms with Gasteiger partial charge in [-0.2, -0.15) is 0 Å². The number of nitrogens with zero attached hydrogens (tertiary/aromatic N) is 1. The Morgan fingerprint density at radius 3 is 2.21 bits per heavy atom. The van der Waals surface area contributed by atoms with Gasteiger partial charge in [0.15, 0.2) is 0 Å². The average Bonchev–Trinajstić information content (AvgIpc) is 3.49. The van der Waals surface area contributed by atoms with Gasteiger partial charge in [0.25, 0.3) is 18.1 Å². The molecule has 2 aromatic rings. The molecule has 57 heavy (non-hydrogen) atoms. The monoisotopic (exact) mass is 799 g/mol. The van der Waals surface area contributed by atoms with E-state index in [2.05, 4.69) is 28.0 Å². The van der Waals surface area contributed by atoms with Gasteiger partial charge in [0.1, 0.15) is 25.0 Å². The van der Waals surface area contributed by atoms with Crippen LogP contribution in [0.5, 0.6) is 0 Å². The van der Waals surface area contributed by atoms with Gasteiger partial charge < -0.3 is 56.4 Å². The van der Waals surface area contributed by atoms with Gasteiger partial charge in [-0.05, 0) is 43.0 Å². The smallest absolute Gasteiger partial charge is 0.454 e. The van der Waals surface area contributed by atoms with Gasteiger partial charge >= 0.3 is 17.8 Å². The summed E-state index contributed by atoms with van der Waals surface area (Å²) in [4.78, 5) is 86.7. The van der Waals surface area contributed by atoms with Crippen LogP contribution in [0.25, 0.3) is 11.1 Å². The standard InChI is InChI=1S/C37H49N7O13/c1-21(39-28(47)19-26-34(51)42-37(53)41-26)30(40-22(2)45)32(57-36(35(52)44(4)55)56-18-10-6-9-13-29(48)43(3)54)31(49)27(46)20-38-33(50)25-16-14-24(15-17-25)23-11-7-5-8-12-23/h5,7-8,11-12,14-17,21,26-27,30-32,36,43,46,49H,4,6,9-10,13,18-20H2,1-3H3,(H,38,50)(H,39,47)(H,40,45)(H2,41,42,51,53)/t21-,26?,27+,30+,31+,32?,36?/m0/s1. The number of quaternary nitrogens is 1. The number of aliphatic hydroxyl groups is 2. The van der Waals surface area contributed by atoms with Crippen LogP contribution in [0.2, 0.25) is 0 Å². The van der Waals surface area contributed by atoms with Crippen molar-refractivity contribution in [2.45, 2.75) is 88.7 Å². The van der Waals surface area contributed by atoms with Gasteiger partial charge in [0.05, 0.1) is 38.6 Å². The van der Waals surface area contributed by atoms with E-state index in [4.69, 9.17) is 9.47 Å². The van der Waals surface area contributed by atoms with E-state index in [1.165, 1.54) is 6.92 Å². The number of amides is 8. The first-order valence-electron chi connectivity index (χ1n) is 18.1. The summed E-state index contributed by atoms with van der Waals surface area (Å²) in [7, 11) is 1.15. The third-order valence-corrected chi connectivity index (χ3v) is 8.79. The minimum atomic E-state index is -2.10. The predicted molar refractivity (Wildman–Crippen MR) is 201 cm³/mol. The molecule has 0 bridgehead atoms. The number of imide groups is 1. The number of unbranched alkanes of at least 4 members (excludes halogenated alkanes) is 2. The van der Waals surface area contributed by atoms with E-state index >= 15 is 0 Å². The average molecular weight is 800 g/mol. The van der Waals surface area contributed by atoms with E-state index in [-0.39, 0.29) is 29.8 Å². The fourth-order valence-corrected chi connectivity index (χ4v) is 5.74. The molecule has 2 aromatic carbocycles. The highest BCUT2D eigenvalue weighted by atomic mass is 16.7. The van der Waals surface area contributed by atoms with Crippen molar-refractivity contribution >= 4 is 48.2 Å². The van der Waals surface area contributed by atoms with Crippen LogP contribution in [0.1, 0.15) is 56.3 Å². The lowest BCUT2D eigenvalue weighted by atomic mass is 9.94. The summed E-state index contributed by atoms with van der Waals surface area (Å²) in [6.07, 6.45) is -7.54. The highest BCUT2D eigenvalue weighted by Gasteiger charge is 2.43. The molecule has 0 aromatic heterocycles. The maximum Gasteiger partial charge on any atom is 0.454 e. The first kappa shape index (κ1) is 45.7. The van der Waals surface area contributed by atoms with Crippen molar-refractivity contribution in [2.75, 3.05) is 20.2 Å². The van der Waals surface area contributed by atoms with Crippen molar-refractivity contribution in [2.24, 2.45) is 0 Å². The Morgan fingerprint density at radius 1 is 0.982 bits per heavy atom. The van der Waals surface area contributed by atoms with Crippen molar-refractivity contribution in [1.82, 2.24) is 26.6 Å². The second-order valence-electron chi connectivity index (χ2n) is 13.3.